The maximum atomic E-state index is 11.7. The molecule has 88 valence electrons. The zero-order chi connectivity index (χ0) is 11.5. The van der Waals surface area contributed by atoms with Crippen molar-refractivity contribution in [2.24, 2.45) is 0 Å². The largest absolute Gasteiger partial charge is 0.378 e. The van der Waals surface area contributed by atoms with E-state index in [1.807, 2.05) is 0 Å². The maximum absolute atomic E-state index is 11.7. The molecule has 1 amide bonds. The van der Waals surface area contributed by atoms with Gasteiger partial charge in [-0.15, -0.1) is 0 Å². The Bertz CT molecular complexity index is 377. The van der Waals surface area contributed by atoms with E-state index < -0.39 is 0 Å². The molecule has 1 saturated heterocycles. The van der Waals surface area contributed by atoms with Crippen LogP contribution in [0.4, 0.5) is 0 Å². The number of nitrogens with one attached hydrogen (secondary N) is 2. The molecule has 0 unspecified atom stereocenters. The summed E-state index contributed by atoms with van der Waals surface area (Å²) in [7, 11) is 1.63. The number of aryl methyl sites for hydroxylation is 1. The Morgan fingerprint density at radius 3 is 3.12 bits per heavy atom. The molecule has 0 aromatic carbocycles. The number of aromatic nitrogens is 1. The van der Waals surface area contributed by atoms with Crippen molar-refractivity contribution < 1.29 is 14.1 Å². The molecule has 16 heavy (non-hydrogen) atoms. The second-order valence-electron chi connectivity index (χ2n) is 3.84. The molecule has 6 nitrogen and oxygen atoms in total. The van der Waals surface area contributed by atoms with Gasteiger partial charge in [0.15, 0.2) is 0 Å². The number of hydrogen-bond donors (Lipinski definition) is 2. The van der Waals surface area contributed by atoms with E-state index in [-0.39, 0.29) is 23.8 Å². The van der Waals surface area contributed by atoms with E-state index in [1.165, 1.54) is 0 Å². The molecule has 0 bridgehead atoms. The minimum atomic E-state index is -0.253. The van der Waals surface area contributed by atoms with Gasteiger partial charge in [0.2, 0.25) is 5.76 Å². The molecule has 0 spiro atoms. The number of amides is 1. The van der Waals surface area contributed by atoms with Crippen molar-refractivity contribution in [2.45, 2.75) is 19.1 Å². The van der Waals surface area contributed by atoms with Crippen LogP contribution in [0.3, 0.4) is 0 Å². The van der Waals surface area contributed by atoms with E-state index in [0.29, 0.717) is 12.2 Å². The number of methoxy groups -OCH3 is 1. The summed E-state index contributed by atoms with van der Waals surface area (Å²) >= 11 is 0. The topological polar surface area (TPSA) is 76.4 Å². The third-order valence-electron chi connectivity index (χ3n) is 2.63. The van der Waals surface area contributed by atoms with E-state index in [2.05, 4.69) is 15.8 Å². The molecule has 1 fully saturated rings. The van der Waals surface area contributed by atoms with Crippen molar-refractivity contribution in [3.8, 4) is 0 Å². The highest BCUT2D eigenvalue weighted by Gasteiger charge is 2.29. The van der Waals surface area contributed by atoms with Crippen LogP contribution >= 0.6 is 0 Å². The molecule has 0 saturated carbocycles. The van der Waals surface area contributed by atoms with Crippen molar-refractivity contribution in [3.05, 3.63) is 17.5 Å². The smallest absolute Gasteiger partial charge is 0.290 e. The van der Waals surface area contributed by atoms with Crippen molar-refractivity contribution in [3.63, 3.8) is 0 Å². The molecule has 1 aromatic heterocycles. The summed E-state index contributed by atoms with van der Waals surface area (Å²) in [5.74, 6) is -0.0180. The minimum Gasteiger partial charge on any atom is -0.378 e. The highest BCUT2D eigenvalue weighted by atomic mass is 16.5. The second-order valence-corrected chi connectivity index (χ2v) is 3.84. The third-order valence-corrected chi connectivity index (χ3v) is 2.63. The lowest BCUT2D eigenvalue weighted by Gasteiger charge is -2.17. The van der Waals surface area contributed by atoms with E-state index in [4.69, 9.17) is 9.26 Å². The molecule has 2 rings (SSSR count). The van der Waals surface area contributed by atoms with Gasteiger partial charge in [-0.2, -0.15) is 0 Å². The third kappa shape index (κ3) is 2.23. The van der Waals surface area contributed by atoms with Crippen LogP contribution in [-0.4, -0.2) is 43.4 Å². The molecule has 2 N–H and O–H groups in total. The van der Waals surface area contributed by atoms with Crippen LogP contribution in [-0.2, 0) is 4.74 Å². The first-order valence-electron chi connectivity index (χ1n) is 5.18. The van der Waals surface area contributed by atoms with Gasteiger partial charge in [-0.1, -0.05) is 5.16 Å². The second kappa shape index (κ2) is 4.63. The fourth-order valence-corrected chi connectivity index (χ4v) is 1.76. The van der Waals surface area contributed by atoms with Gasteiger partial charge < -0.3 is 19.9 Å². The number of carbonyl (C=O) groups excluding carboxylic acids is 1. The summed E-state index contributed by atoms with van der Waals surface area (Å²) in [5, 5.41) is 9.67. The summed E-state index contributed by atoms with van der Waals surface area (Å²) in [6, 6.07) is 1.59. The van der Waals surface area contributed by atoms with Crippen molar-refractivity contribution in [1.82, 2.24) is 15.8 Å². The number of rotatable bonds is 3. The molecule has 6 heteroatoms. The first-order chi connectivity index (χ1) is 7.70. The Morgan fingerprint density at radius 2 is 2.50 bits per heavy atom. The normalized spacial score (nSPS) is 24.6. The summed E-state index contributed by atoms with van der Waals surface area (Å²) in [5.41, 5.74) is 0.693. The van der Waals surface area contributed by atoms with Gasteiger partial charge in [0.25, 0.3) is 5.91 Å². The first kappa shape index (κ1) is 11.1. The number of nitrogens with zero attached hydrogens (tertiary/aromatic N) is 1. The predicted molar refractivity (Wildman–Crippen MR) is 56.2 cm³/mol. The highest BCUT2D eigenvalue weighted by molar-refractivity contribution is 5.91. The Kier molecular flexibility index (Phi) is 3.21. The molecule has 0 aliphatic carbocycles. The lowest BCUT2D eigenvalue weighted by Crippen LogP contribution is -2.43. The van der Waals surface area contributed by atoms with E-state index in [0.717, 1.165) is 6.54 Å². The van der Waals surface area contributed by atoms with Crippen LogP contribution in [0, 0.1) is 6.92 Å². The average molecular weight is 225 g/mol. The van der Waals surface area contributed by atoms with Crippen molar-refractivity contribution >= 4 is 5.91 Å². The van der Waals surface area contributed by atoms with E-state index in [9.17, 15) is 4.79 Å². The summed E-state index contributed by atoms with van der Waals surface area (Å²) in [6.07, 6.45) is 0.00738. The van der Waals surface area contributed by atoms with Gasteiger partial charge in [-0.25, -0.2) is 0 Å². The molecular formula is C10H15N3O3. The van der Waals surface area contributed by atoms with Gasteiger partial charge in [-0.05, 0) is 6.92 Å². The monoisotopic (exact) mass is 225 g/mol. The highest BCUT2D eigenvalue weighted by Crippen LogP contribution is 2.07. The molecule has 1 aromatic rings. The predicted octanol–water partition coefficient (Wildman–Crippen LogP) is -0.300. The maximum Gasteiger partial charge on any atom is 0.290 e. The number of ether oxygens (including phenoxy) is 1. The van der Waals surface area contributed by atoms with Crippen LogP contribution in [0.1, 0.15) is 16.2 Å². The first-order valence-corrected chi connectivity index (χ1v) is 5.18. The van der Waals surface area contributed by atoms with E-state index >= 15 is 0 Å². The number of hydrogen-bond acceptors (Lipinski definition) is 5. The van der Waals surface area contributed by atoms with Crippen LogP contribution in [0.15, 0.2) is 10.6 Å². The van der Waals surface area contributed by atoms with Crippen LogP contribution in [0.25, 0.3) is 0 Å². The zero-order valence-electron chi connectivity index (χ0n) is 9.32. The van der Waals surface area contributed by atoms with Crippen LogP contribution < -0.4 is 10.6 Å². The lowest BCUT2D eigenvalue weighted by molar-refractivity contribution is 0.0754. The molecule has 1 aliphatic rings. The van der Waals surface area contributed by atoms with Gasteiger partial charge in [0.05, 0.1) is 17.8 Å². The minimum absolute atomic E-state index is 0.00738. The lowest BCUT2D eigenvalue weighted by atomic mass is 10.2. The average Bonchev–Trinajstić information content (AvgIpc) is 2.86. The van der Waals surface area contributed by atoms with Crippen molar-refractivity contribution in [1.29, 1.82) is 0 Å². The van der Waals surface area contributed by atoms with Gasteiger partial charge in [0.1, 0.15) is 0 Å². The summed E-state index contributed by atoms with van der Waals surface area (Å²) < 4.78 is 10.1. The molecule has 2 atom stereocenters. The quantitative estimate of drug-likeness (QED) is 0.738. The molecule has 1 aliphatic heterocycles. The van der Waals surface area contributed by atoms with Crippen LogP contribution in [0.5, 0.6) is 0 Å². The van der Waals surface area contributed by atoms with E-state index in [1.54, 1.807) is 20.1 Å². The van der Waals surface area contributed by atoms with Crippen LogP contribution in [0.2, 0.25) is 0 Å². The Labute approximate surface area is 93.3 Å². The van der Waals surface area contributed by atoms with Crippen molar-refractivity contribution in [2.75, 3.05) is 20.2 Å². The van der Waals surface area contributed by atoms with Gasteiger partial charge >= 0.3 is 0 Å². The Hall–Kier alpha value is -1.40. The Morgan fingerprint density at radius 1 is 1.69 bits per heavy atom. The summed E-state index contributed by atoms with van der Waals surface area (Å²) in [4.78, 5) is 11.7. The van der Waals surface area contributed by atoms with Gasteiger partial charge in [0, 0.05) is 26.3 Å². The summed E-state index contributed by atoms with van der Waals surface area (Å²) in [6.45, 7) is 3.23. The standard InChI is InChI=1S/C10H15N3O3/c1-6-3-8(16-13-6)10(14)12-7-4-11-5-9(7)15-2/h3,7,9,11H,4-5H2,1-2H3,(H,12,14)/t7-,9-/m1/s1. The fraction of sp³-hybridized carbons (Fsp3) is 0.600. The zero-order valence-corrected chi connectivity index (χ0v) is 9.32. The molecular weight excluding hydrogens is 210 g/mol. The Balaban J connectivity index is 1.97. The number of carbonyl (C=O) groups is 1. The molecule has 2 heterocycles. The fourth-order valence-electron chi connectivity index (χ4n) is 1.76. The SMILES string of the molecule is CO[C@@H]1CNC[C@H]1NC(=O)c1cc(C)no1. The molecule has 0 radical (unpaired) electrons. The van der Waals surface area contributed by atoms with Gasteiger partial charge in [-0.3, -0.25) is 4.79 Å².